The molecule has 0 unspecified atom stereocenters. The van der Waals surface area contributed by atoms with E-state index in [9.17, 15) is 0 Å². The molecule has 0 amide bonds. The predicted molar refractivity (Wildman–Crippen MR) is 72.3 cm³/mol. The summed E-state index contributed by atoms with van der Waals surface area (Å²) in [6.07, 6.45) is 1.94. The molecular weight excluding hydrogens is 220 g/mol. The third kappa shape index (κ3) is 10.4. The molecule has 0 aromatic heterocycles. The molecule has 0 aromatic rings. The molecule has 0 aliphatic heterocycles. The van der Waals surface area contributed by atoms with Crippen LogP contribution in [-0.4, -0.2) is 29.8 Å². The van der Waals surface area contributed by atoms with Crippen molar-refractivity contribution in [3.63, 3.8) is 0 Å². The topological polar surface area (TPSA) is 18.5 Å². The zero-order valence-electron chi connectivity index (χ0n) is 11.1. The van der Waals surface area contributed by atoms with Gasteiger partial charge in [-0.15, -0.1) is 6.58 Å². The third-order valence-electron chi connectivity index (χ3n) is 1.79. The van der Waals surface area contributed by atoms with Crippen LogP contribution in [0, 0.1) is 5.92 Å². The van der Waals surface area contributed by atoms with Gasteiger partial charge in [0, 0.05) is 19.1 Å². The maximum Gasteiger partial charge on any atom is 0.183 e. The monoisotopic (exact) mass is 246 g/mol. The van der Waals surface area contributed by atoms with Crippen molar-refractivity contribution in [2.75, 3.05) is 13.2 Å². The van der Waals surface area contributed by atoms with Gasteiger partial charge in [-0.25, -0.2) is 0 Å². The molecular formula is C11H26O2Si2. The van der Waals surface area contributed by atoms with Crippen molar-refractivity contribution in [3.8, 4) is 0 Å². The molecule has 0 spiro atoms. The molecule has 0 aliphatic carbocycles. The lowest BCUT2D eigenvalue weighted by Gasteiger charge is -2.24. The Hall–Kier alpha value is 0.0938. The fraction of sp³-hybridized carbons (Fsp3) is 0.818. The van der Waals surface area contributed by atoms with Crippen molar-refractivity contribution in [2.24, 2.45) is 5.92 Å². The van der Waals surface area contributed by atoms with Crippen molar-refractivity contribution < 1.29 is 8.85 Å². The van der Waals surface area contributed by atoms with Gasteiger partial charge in [0.05, 0.1) is 0 Å². The highest BCUT2D eigenvalue weighted by Gasteiger charge is 2.19. The summed E-state index contributed by atoms with van der Waals surface area (Å²) in [4.78, 5) is 0. The minimum atomic E-state index is -1.40. The van der Waals surface area contributed by atoms with E-state index in [0.29, 0.717) is 5.92 Å². The van der Waals surface area contributed by atoms with Crippen LogP contribution < -0.4 is 0 Å². The first-order valence-electron chi connectivity index (χ1n) is 5.54. The molecule has 0 fully saturated rings. The van der Waals surface area contributed by atoms with E-state index in [2.05, 4.69) is 45.9 Å². The lowest BCUT2D eigenvalue weighted by Crippen LogP contribution is -2.32. The summed E-state index contributed by atoms with van der Waals surface area (Å²) < 4.78 is 11.7. The van der Waals surface area contributed by atoms with Gasteiger partial charge in [-0.2, -0.15) is 0 Å². The van der Waals surface area contributed by atoms with Gasteiger partial charge in [0.1, 0.15) is 0 Å². The standard InChI is InChI=1S/C11H26O2Si2/c1-8-11(9-12-14(2,3)4)10-13-15(5,6)7/h8,11H,1,9-10H2,2-7H3. The number of hydrogen-bond acceptors (Lipinski definition) is 2. The largest absolute Gasteiger partial charge is 0.417 e. The molecule has 4 heteroatoms. The normalized spacial score (nSPS) is 13.3. The molecule has 15 heavy (non-hydrogen) atoms. The van der Waals surface area contributed by atoms with E-state index in [0.717, 1.165) is 13.2 Å². The SMILES string of the molecule is C=CC(CO[Si](C)(C)C)CO[Si](C)(C)C. The highest BCUT2D eigenvalue weighted by atomic mass is 28.4. The summed E-state index contributed by atoms with van der Waals surface area (Å²) in [6, 6.07) is 0. The van der Waals surface area contributed by atoms with Crippen molar-refractivity contribution >= 4 is 16.6 Å². The Morgan fingerprint density at radius 2 is 1.27 bits per heavy atom. The molecule has 0 aliphatic rings. The van der Waals surface area contributed by atoms with Crippen molar-refractivity contribution in [1.82, 2.24) is 0 Å². The van der Waals surface area contributed by atoms with E-state index in [-0.39, 0.29) is 0 Å². The molecule has 0 atom stereocenters. The van der Waals surface area contributed by atoms with Gasteiger partial charge in [0.2, 0.25) is 0 Å². The van der Waals surface area contributed by atoms with Crippen molar-refractivity contribution in [3.05, 3.63) is 12.7 Å². The fourth-order valence-electron chi connectivity index (χ4n) is 0.898. The molecule has 0 bridgehead atoms. The molecule has 0 aromatic carbocycles. The van der Waals surface area contributed by atoms with E-state index in [1.807, 2.05) is 6.08 Å². The van der Waals surface area contributed by atoms with E-state index >= 15 is 0 Å². The minimum Gasteiger partial charge on any atom is -0.417 e. The molecule has 0 rings (SSSR count). The van der Waals surface area contributed by atoms with E-state index in [1.165, 1.54) is 0 Å². The van der Waals surface area contributed by atoms with Crippen molar-refractivity contribution in [2.45, 2.75) is 39.3 Å². The van der Waals surface area contributed by atoms with Crippen LogP contribution in [0.4, 0.5) is 0 Å². The Labute approximate surface area is 96.9 Å². The van der Waals surface area contributed by atoms with E-state index in [1.54, 1.807) is 0 Å². The zero-order valence-corrected chi connectivity index (χ0v) is 13.1. The highest BCUT2D eigenvalue weighted by Crippen LogP contribution is 2.11. The summed E-state index contributed by atoms with van der Waals surface area (Å²) in [5.74, 6) is 0.337. The van der Waals surface area contributed by atoms with Gasteiger partial charge in [-0.05, 0) is 39.3 Å². The van der Waals surface area contributed by atoms with Crippen LogP contribution in [0.3, 0.4) is 0 Å². The Bertz CT molecular complexity index is 174. The van der Waals surface area contributed by atoms with E-state index < -0.39 is 16.6 Å². The molecule has 0 radical (unpaired) electrons. The summed E-state index contributed by atoms with van der Waals surface area (Å²) in [5, 5.41) is 0. The molecule has 0 heterocycles. The van der Waals surface area contributed by atoms with Crippen LogP contribution in [0.5, 0.6) is 0 Å². The Morgan fingerprint density at radius 3 is 1.47 bits per heavy atom. The fourth-order valence-corrected chi connectivity index (χ4v) is 2.33. The molecule has 90 valence electrons. The maximum atomic E-state index is 5.85. The van der Waals surface area contributed by atoms with Crippen LogP contribution in [0.25, 0.3) is 0 Å². The first-order chi connectivity index (χ1) is 6.64. The van der Waals surface area contributed by atoms with Gasteiger partial charge in [0.15, 0.2) is 16.6 Å². The maximum absolute atomic E-state index is 5.85. The van der Waals surface area contributed by atoms with Gasteiger partial charge >= 0.3 is 0 Å². The molecule has 0 saturated heterocycles. The Morgan fingerprint density at radius 1 is 0.933 bits per heavy atom. The average molecular weight is 246 g/mol. The summed E-state index contributed by atoms with van der Waals surface area (Å²) in [5.41, 5.74) is 0. The average Bonchev–Trinajstić information content (AvgIpc) is 2.00. The summed E-state index contributed by atoms with van der Waals surface area (Å²) in [7, 11) is -2.81. The van der Waals surface area contributed by atoms with Crippen LogP contribution in [0.2, 0.25) is 39.3 Å². The van der Waals surface area contributed by atoms with Crippen LogP contribution in [-0.2, 0) is 8.85 Å². The quantitative estimate of drug-likeness (QED) is 0.506. The second-order valence-corrected chi connectivity index (χ2v) is 14.9. The Kier molecular flexibility index (Phi) is 6.02. The molecule has 0 N–H and O–H groups in total. The van der Waals surface area contributed by atoms with Crippen LogP contribution >= 0.6 is 0 Å². The molecule has 0 saturated carbocycles. The van der Waals surface area contributed by atoms with Crippen molar-refractivity contribution in [1.29, 1.82) is 0 Å². The first kappa shape index (κ1) is 15.1. The van der Waals surface area contributed by atoms with Crippen LogP contribution in [0.15, 0.2) is 12.7 Å². The predicted octanol–water partition coefficient (Wildman–Crippen LogP) is 3.49. The highest BCUT2D eigenvalue weighted by molar-refractivity contribution is 6.70. The first-order valence-corrected chi connectivity index (χ1v) is 12.4. The lowest BCUT2D eigenvalue weighted by molar-refractivity contribution is 0.197. The minimum absolute atomic E-state index is 0.337. The van der Waals surface area contributed by atoms with Gasteiger partial charge in [0.25, 0.3) is 0 Å². The van der Waals surface area contributed by atoms with Gasteiger partial charge in [-0.1, -0.05) is 6.08 Å². The third-order valence-corrected chi connectivity index (χ3v) is 3.86. The van der Waals surface area contributed by atoms with Gasteiger partial charge in [-0.3, -0.25) is 0 Å². The van der Waals surface area contributed by atoms with E-state index in [4.69, 9.17) is 8.85 Å². The summed E-state index contributed by atoms with van der Waals surface area (Å²) >= 11 is 0. The molecule has 2 nitrogen and oxygen atoms in total. The number of rotatable bonds is 7. The smallest absolute Gasteiger partial charge is 0.183 e. The number of hydrogen-bond donors (Lipinski definition) is 0. The van der Waals surface area contributed by atoms with Crippen LogP contribution in [0.1, 0.15) is 0 Å². The summed E-state index contributed by atoms with van der Waals surface area (Å²) in [6.45, 7) is 18.5. The second kappa shape index (κ2) is 5.98. The van der Waals surface area contributed by atoms with Gasteiger partial charge < -0.3 is 8.85 Å². The Balaban J connectivity index is 3.89. The second-order valence-electron chi connectivity index (χ2n) is 5.84. The zero-order chi connectivity index (χ0) is 12.1. The lowest BCUT2D eigenvalue weighted by atomic mass is 10.2.